The van der Waals surface area contributed by atoms with Crippen LogP contribution in [0.1, 0.15) is 39.0 Å². The molecule has 1 fully saturated rings. The molecule has 0 aromatic heterocycles. The lowest BCUT2D eigenvalue weighted by Gasteiger charge is -2.35. The molecule has 0 bridgehead atoms. The quantitative estimate of drug-likeness (QED) is 0.731. The van der Waals surface area contributed by atoms with Gasteiger partial charge in [0.1, 0.15) is 0 Å². The van der Waals surface area contributed by atoms with Crippen LogP contribution in [0, 0.1) is 0 Å². The topological polar surface area (TPSA) is 66.4 Å². The van der Waals surface area contributed by atoms with Crippen molar-refractivity contribution in [3.63, 3.8) is 0 Å². The number of hydrogen-bond acceptors (Lipinski definition) is 3. The van der Waals surface area contributed by atoms with Gasteiger partial charge in [0.15, 0.2) is 0 Å². The van der Waals surface area contributed by atoms with E-state index in [-0.39, 0.29) is 12.4 Å². The summed E-state index contributed by atoms with van der Waals surface area (Å²) < 4.78 is 25.4. The number of hydrogen-bond donors (Lipinski definition) is 2. The van der Waals surface area contributed by atoms with Crippen molar-refractivity contribution in [1.29, 1.82) is 0 Å². The Balaban J connectivity index is 2.70. The SMILES string of the molecule is CCS(=O)(=O)NC1(CO)CCCCC1. The highest BCUT2D eigenvalue weighted by atomic mass is 32.2. The molecule has 2 N–H and O–H groups in total. The minimum Gasteiger partial charge on any atom is -0.394 e. The van der Waals surface area contributed by atoms with Crippen molar-refractivity contribution >= 4 is 10.0 Å². The van der Waals surface area contributed by atoms with Crippen LogP contribution < -0.4 is 4.72 Å². The highest BCUT2D eigenvalue weighted by Crippen LogP contribution is 2.28. The van der Waals surface area contributed by atoms with Crippen LogP contribution in [0.25, 0.3) is 0 Å². The van der Waals surface area contributed by atoms with E-state index in [1.54, 1.807) is 6.92 Å². The van der Waals surface area contributed by atoms with Crippen molar-refractivity contribution in [3.8, 4) is 0 Å². The zero-order chi connectivity index (χ0) is 10.7. The number of aliphatic hydroxyl groups is 1. The van der Waals surface area contributed by atoms with E-state index >= 15 is 0 Å². The van der Waals surface area contributed by atoms with Crippen LogP contribution in [0.2, 0.25) is 0 Å². The molecule has 4 nitrogen and oxygen atoms in total. The normalized spacial score (nSPS) is 22.1. The van der Waals surface area contributed by atoms with Gasteiger partial charge in [-0.25, -0.2) is 13.1 Å². The summed E-state index contributed by atoms with van der Waals surface area (Å²) in [7, 11) is -3.20. The fourth-order valence-corrected chi connectivity index (χ4v) is 3.00. The van der Waals surface area contributed by atoms with E-state index in [1.807, 2.05) is 0 Å². The first kappa shape index (κ1) is 11.9. The Bertz CT molecular complexity index is 268. The van der Waals surface area contributed by atoms with Crippen molar-refractivity contribution in [1.82, 2.24) is 4.72 Å². The number of aliphatic hydroxyl groups excluding tert-OH is 1. The molecule has 1 saturated carbocycles. The molecule has 0 amide bonds. The smallest absolute Gasteiger partial charge is 0.211 e. The molecule has 14 heavy (non-hydrogen) atoms. The fraction of sp³-hybridized carbons (Fsp3) is 1.00. The Hall–Kier alpha value is -0.130. The predicted octanol–water partition coefficient (Wildman–Crippen LogP) is 0.621. The highest BCUT2D eigenvalue weighted by Gasteiger charge is 2.34. The maximum Gasteiger partial charge on any atom is 0.211 e. The van der Waals surface area contributed by atoms with Crippen molar-refractivity contribution in [3.05, 3.63) is 0 Å². The molecule has 1 aliphatic rings. The monoisotopic (exact) mass is 221 g/mol. The van der Waals surface area contributed by atoms with Gasteiger partial charge >= 0.3 is 0 Å². The average Bonchev–Trinajstić information content (AvgIpc) is 2.19. The largest absolute Gasteiger partial charge is 0.394 e. The Morgan fingerprint density at radius 2 is 1.86 bits per heavy atom. The first-order valence-electron chi connectivity index (χ1n) is 5.16. The van der Waals surface area contributed by atoms with E-state index in [9.17, 15) is 13.5 Å². The Morgan fingerprint density at radius 3 is 2.29 bits per heavy atom. The van der Waals surface area contributed by atoms with Crippen molar-refractivity contribution in [2.45, 2.75) is 44.6 Å². The third kappa shape index (κ3) is 2.93. The summed E-state index contributed by atoms with van der Waals surface area (Å²) in [5.74, 6) is 0.0781. The predicted molar refractivity (Wildman–Crippen MR) is 55.5 cm³/mol. The lowest BCUT2D eigenvalue weighted by Crippen LogP contribution is -2.52. The summed E-state index contributed by atoms with van der Waals surface area (Å²) in [5, 5.41) is 9.27. The highest BCUT2D eigenvalue weighted by molar-refractivity contribution is 7.89. The van der Waals surface area contributed by atoms with Gasteiger partial charge in [-0.3, -0.25) is 0 Å². The van der Waals surface area contributed by atoms with Gasteiger partial charge in [-0.05, 0) is 19.8 Å². The number of rotatable bonds is 4. The van der Waals surface area contributed by atoms with Crippen LogP contribution in [0.15, 0.2) is 0 Å². The molecule has 0 heterocycles. The third-order valence-electron chi connectivity index (χ3n) is 2.87. The van der Waals surface area contributed by atoms with Crippen LogP contribution in [0.5, 0.6) is 0 Å². The van der Waals surface area contributed by atoms with Crippen LogP contribution in [-0.4, -0.2) is 31.4 Å². The van der Waals surface area contributed by atoms with Crippen molar-refractivity contribution in [2.75, 3.05) is 12.4 Å². The molecule has 0 aromatic carbocycles. The van der Waals surface area contributed by atoms with Gasteiger partial charge in [0, 0.05) is 0 Å². The molecule has 5 heteroatoms. The Kier molecular flexibility index (Phi) is 3.92. The average molecular weight is 221 g/mol. The maximum atomic E-state index is 11.4. The second-order valence-corrected chi connectivity index (χ2v) is 6.02. The fourth-order valence-electron chi connectivity index (χ4n) is 1.92. The second-order valence-electron chi connectivity index (χ2n) is 4.00. The summed E-state index contributed by atoms with van der Waals surface area (Å²) in [5.41, 5.74) is -0.576. The minimum atomic E-state index is -3.20. The number of sulfonamides is 1. The molecule has 0 saturated heterocycles. The van der Waals surface area contributed by atoms with Gasteiger partial charge in [0.25, 0.3) is 0 Å². The molecule has 0 aliphatic heterocycles. The van der Waals surface area contributed by atoms with Gasteiger partial charge in [0.2, 0.25) is 10.0 Å². The summed E-state index contributed by atoms with van der Waals surface area (Å²) in [6.07, 6.45) is 4.63. The Labute approximate surface area is 85.8 Å². The van der Waals surface area contributed by atoms with Crippen LogP contribution in [0.3, 0.4) is 0 Å². The van der Waals surface area contributed by atoms with E-state index in [0.29, 0.717) is 0 Å². The zero-order valence-electron chi connectivity index (χ0n) is 8.62. The van der Waals surface area contributed by atoms with E-state index in [0.717, 1.165) is 32.1 Å². The summed E-state index contributed by atoms with van der Waals surface area (Å²) in [4.78, 5) is 0. The van der Waals surface area contributed by atoms with Gasteiger partial charge in [-0.15, -0.1) is 0 Å². The van der Waals surface area contributed by atoms with Crippen molar-refractivity contribution < 1.29 is 13.5 Å². The van der Waals surface area contributed by atoms with Crippen LogP contribution in [0.4, 0.5) is 0 Å². The Morgan fingerprint density at radius 1 is 1.29 bits per heavy atom. The molecular formula is C9H19NO3S. The molecule has 0 atom stereocenters. The zero-order valence-corrected chi connectivity index (χ0v) is 9.44. The minimum absolute atomic E-state index is 0.0781. The molecular weight excluding hydrogens is 202 g/mol. The summed E-state index contributed by atoms with van der Waals surface area (Å²) in [6.45, 7) is 1.52. The third-order valence-corrected chi connectivity index (χ3v) is 4.37. The summed E-state index contributed by atoms with van der Waals surface area (Å²) in [6, 6.07) is 0. The molecule has 84 valence electrons. The van der Waals surface area contributed by atoms with Crippen molar-refractivity contribution in [2.24, 2.45) is 0 Å². The van der Waals surface area contributed by atoms with E-state index in [2.05, 4.69) is 4.72 Å². The van der Waals surface area contributed by atoms with Gasteiger partial charge in [-0.1, -0.05) is 19.3 Å². The first-order valence-corrected chi connectivity index (χ1v) is 6.81. The van der Waals surface area contributed by atoms with Crippen LogP contribution >= 0.6 is 0 Å². The maximum absolute atomic E-state index is 11.4. The first-order chi connectivity index (χ1) is 6.54. The molecule has 1 rings (SSSR count). The second kappa shape index (κ2) is 4.59. The van der Waals surface area contributed by atoms with E-state index < -0.39 is 15.6 Å². The number of nitrogens with one attached hydrogen (secondary N) is 1. The molecule has 0 radical (unpaired) electrons. The lowest BCUT2D eigenvalue weighted by atomic mass is 9.83. The summed E-state index contributed by atoms with van der Waals surface area (Å²) >= 11 is 0. The molecule has 1 aliphatic carbocycles. The van der Waals surface area contributed by atoms with E-state index in [4.69, 9.17) is 0 Å². The van der Waals surface area contributed by atoms with Gasteiger partial charge < -0.3 is 5.11 Å². The molecule has 0 aromatic rings. The van der Waals surface area contributed by atoms with Gasteiger partial charge in [-0.2, -0.15) is 0 Å². The van der Waals surface area contributed by atoms with E-state index in [1.165, 1.54) is 0 Å². The standard InChI is InChI=1S/C9H19NO3S/c1-2-14(12,13)10-9(8-11)6-4-3-5-7-9/h10-11H,2-8H2,1H3. The molecule has 0 spiro atoms. The van der Waals surface area contributed by atoms with Crippen LogP contribution in [-0.2, 0) is 10.0 Å². The molecule has 0 unspecified atom stereocenters. The lowest BCUT2D eigenvalue weighted by molar-refractivity contribution is 0.142. The van der Waals surface area contributed by atoms with Gasteiger partial charge in [0.05, 0.1) is 17.9 Å².